The number of benzene rings is 2. The van der Waals surface area contributed by atoms with Gasteiger partial charge in [0, 0.05) is 5.92 Å². The Morgan fingerprint density at radius 2 is 1.67 bits per heavy atom. The smallest absolute Gasteiger partial charge is 0.424 e. The quantitative estimate of drug-likeness (QED) is 0.854. The van der Waals surface area contributed by atoms with Gasteiger partial charge in [0.15, 0.2) is 0 Å². The van der Waals surface area contributed by atoms with Crippen LogP contribution in [0.15, 0.2) is 59.5 Å². The Morgan fingerprint density at radius 1 is 1.04 bits per heavy atom. The van der Waals surface area contributed by atoms with Crippen molar-refractivity contribution in [2.24, 2.45) is 5.92 Å². The lowest BCUT2D eigenvalue weighted by atomic mass is 9.94. The van der Waals surface area contributed by atoms with Crippen molar-refractivity contribution in [3.63, 3.8) is 0 Å². The highest BCUT2D eigenvalue weighted by atomic mass is 32.2. The minimum atomic E-state index is -4.00. The van der Waals surface area contributed by atoms with Crippen molar-refractivity contribution in [2.75, 3.05) is 6.61 Å². The molecule has 2 aromatic carbocycles. The zero-order chi connectivity index (χ0) is 17.3. The second kappa shape index (κ2) is 6.28. The van der Waals surface area contributed by atoms with Gasteiger partial charge in [-0.3, -0.25) is 0 Å². The number of ether oxygens (including phenoxy) is 1. The molecule has 0 N–H and O–H groups in total. The second-order valence-corrected chi connectivity index (χ2v) is 7.84. The lowest BCUT2D eigenvalue weighted by molar-refractivity contribution is 0.0474. The zero-order valence-corrected chi connectivity index (χ0v) is 14.4. The topological polar surface area (TPSA) is 63.7 Å². The van der Waals surface area contributed by atoms with E-state index in [-0.39, 0.29) is 17.4 Å². The number of hydrogen-bond donors (Lipinski definition) is 0. The number of carbonyl (C=O) groups is 1. The van der Waals surface area contributed by atoms with Crippen molar-refractivity contribution in [2.45, 2.75) is 24.8 Å². The zero-order valence-electron chi connectivity index (χ0n) is 13.5. The van der Waals surface area contributed by atoms with Crippen LogP contribution >= 0.6 is 0 Å². The minimum Gasteiger partial charge on any atom is -0.448 e. The van der Waals surface area contributed by atoms with Gasteiger partial charge in [-0.1, -0.05) is 55.0 Å². The standard InChI is InChI=1S/C18H19NO4S/c1-13-8-10-16(11-9-13)24(21,22)19-17(14(2)12-23-18(19)20)15-6-4-3-5-7-15/h3-11,14,17H,12H2,1-2H3/t14-,17+/m0/s1. The normalized spacial score (nSPS) is 21.4. The van der Waals surface area contributed by atoms with E-state index >= 15 is 0 Å². The largest absolute Gasteiger partial charge is 0.448 e. The predicted octanol–water partition coefficient (Wildman–Crippen LogP) is 3.51. The van der Waals surface area contributed by atoms with E-state index in [4.69, 9.17) is 4.74 Å². The Morgan fingerprint density at radius 3 is 2.29 bits per heavy atom. The molecule has 1 aliphatic rings. The molecular weight excluding hydrogens is 326 g/mol. The number of sulfonamides is 1. The van der Waals surface area contributed by atoms with E-state index in [2.05, 4.69) is 0 Å². The van der Waals surface area contributed by atoms with Crippen molar-refractivity contribution in [3.05, 3.63) is 65.7 Å². The minimum absolute atomic E-state index is 0.0834. The van der Waals surface area contributed by atoms with Crippen molar-refractivity contribution < 1.29 is 17.9 Å². The molecule has 5 nitrogen and oxygen atoms in total. The van der Waals surface area contributed by atoms with Gasteiger partial charge in [0.25, 0.3) is 10.0 Å². The summed E-state index contributed by atoms with van der Waals surface area (Å²) in [6.07, 6.45) is -0.831. The molecule has 1 amide bonds. The molecular formula is C18H19NO4S. The SMILES string of the molecule is Cc1ccc(S(=O)(=O)N2C(=O)OC[C@H](C)[C@@H]2c2ccccc2)cc1. The van der Waals surface area contributed by atoms with Crippen molar-refractivity contribution in [1.29, 1.82) is 0 Å². The van der Waals surface area contributed by atoms with Crippen molar-refractivity contribution >= 4 is 16.1 Å². The van der Waals surface area contributed by atoms with Crippen molar-refractivity contribution in [3.8, 4) is 0 Å². The van der Waals surface area contributed by atoms with Gasteiger partial charge in [-0.05, 0) is 24.6 Å². The van der Waals surface area contributed by atoms with Crippen LogP contribution in [0.1, 0.15) is 24.1 Å². The summed E-state index contributed by atoms with van der Waals surface area (Å²) in [6.45, 7) is 3.94. The molecule has 24 heavy (non-hydrogen) atoms. The first kappa shape index (κ1) is 16.5. The Bertz CT molecular complexity index is 831. The van der Waals surface area contributed by atoms with E-state index in [1.54, 1.807) is 12.1 Å². The Labute approximate surface area is 141 Å². The molecule has 0 unspecified atom stereocenters. The Balaban J connectivity index is 2.10. The molecule has 2 atom stereocenters. The van der Waals surface area contributed by atoms with Gasteiger partial charge < -0.3 is 4.74 Å². The van der Waals surface area contributed by atoms with Gasteiger partial charge in [-0.15, -0.1) is 0 Å². The highest BCUT2D eigenvalue weighted by Gasteiger charge is 2.44. The highest BCUT2D eigenvalue weighted by Crippen LogP contribution is 2.37. The molecule has 1 heterocycles. The van der Waals surface area contributed by atoms with Gasteiger partial charge in [0.2, 0.25) is 0 Å². The van der Waals surface area contributed by atoms with E-state index < -0.39 is 22.2 Å². The summed E-state index contributed by atoms with van der Waals surface area (Å²) in [5.74, 6) is -0.148. The molecule has 126 valence electrons. The van der Waals surface area contributed by atoms with E-state index in [1.807, 2.05) is 44.2 Å². The molecule has 3 rings (SSSR count). The summed E-state index contributed by atoms with van der Waals surface area (Å²) in [5.41, 5.74) is 1.72. The van der Waals surface area contributed by atoms with Crippen LogP contribution in [0, 0.1) is 12.8 Å². The number of cyclic esters (lactones) is 1. The van der Waals surface area contributed by atoms with Crippen LogP contribution in [0.3, 0.4) is 0 Å². The van der Waals surface area contributed by atoms with E-state index in [0.29, 0.717) is 0 Å². The predicted molar refractivity (Wildman–Crippen MR) is 89.9 cm³/mol. The summed E-state index contributed by atoms with van der Waals surface area (Å²) >= 11 is 0. The average Bonchev–Trinajstić information content (AvgIpc) is 2.57. The third kappa shape index (κ3) is 2.89. The van der Waals surface area contributed by atoms with E-state index in [0.717, 1.165) is 15.4 Å². The van der Waals surface area contributed by atoms with Crippen LogP contribution in [-0.2, 0) is 14.8 Å². The van der Waals surface area contributed by atoms with Gasteiger partial charge in [0.05, 0.1) is 17.5 Å². The fourth-order valence-electron chi connectivity index (χ4n) is 2.89. The highest BCUT2D eigenvalue weighted by molar-refractivity contribution is 7.89. The third-order valence-corrected chi connectivity index (χ3v) is 5.92. The third-order valence-electron chi connectivity index (χ3n) is 4.16. The fraction of sp³-hybridized carbons (Fsp3) is 0.278. The average molecular weight is 345 g/mol. The van der Waals surface area contributed by atoms with Crippen LogP contribution in [0.5, 0.6) is 0 Å². The van der Waals surface area contributed by atoms with Crippen LogP contribution in [0.25, 0.3) is 0 Å². The lowest BCUT2D eigenvalue weighted by Gasteiger charge is -2.38. The van der Waals surface area contributed by atoms with Gasteiger partial charge in [-0.25, -0.2) is 13.2 Å². The maximum Gasteiger partial charge on any atom is 0.424 e. The lowest BCUT2D eigenvalue weighted by Crippen LogP contribution is -2.47. The Kier molecular flexibility index (Phi) is 4.32. The van der Waals surface area contributed by atoms with Crippen LogP contribution in [0.2, 0.25) is 0 Å². The molecule has 0 saturated carbocycles. The summed E-state index contributed by atoms with van der Waals surface area (Å²) in [7, 11) is -4.00. The number of aryl methyl sites for hydroxylation is 1. The molecule has 0 bridgehead atoms. The molecule has 6 heteroatoms. The van der Waals surface area contributed by atoms with Gasteiger partial charge in [-0.2, -0.15) is 4.31 Å². The monoisotopic (exact) mass is 345 g/mol. The van der Waals surface area contributed by atoms with E-state index in [1.165, 1.54) is 12.1 Å². The molecule has 0 aromatic heterocycles. The van der Waals surface area contributed by atoms with Gasteiger partial charge in [0.1, 0.15) is 0 Å². The Hall–Kier alpha value is -2.34. The first-order valence-corrected chi connectivity index (χ1v) is 9.18. The molecule has 0 aliphatic carbocycles. The molecule has 2 aromatic rings. The maximum absolute atomic E-state index is 13.1. The van der Waals surface area contributed by atoms with Crippen LogP contribution in [-0.4, -0.2) is 25.4 Å². The number of amides is 1. The first-order chi connectivity index (χ1) is 11.4. The van der Waals surface area contributed by atoms with Crippen LogP contribution < -0.4 is 0 Å². The summed E-state index contributed by atoms with van der Waals surface area (Å²) in [5, 5.41) is 0. The molecule has 1 saturated heterocycles. The number of hydrogen-bond acceptors (Lipinski definition) is 4. The summed E-state index contributed by atoms with van der Waals surface area (Å²) in [6, 6.07) is 15.0. The maximum atomic E-state index is 13.1. The summed E-state index contributed by atoms with van der Waals surface area (Å²) < 4.78 is 32.1. The van der Waals surface area contributed by atoms with E-state index in [9.17, 15) is 13.2 Å². The first-order valence-electron chi connectivity index (χ1n) is 7.74. The number of rotatable bonds is 3. The fourth-order valence-corrected chi connectivity index (χ4v) is 4.47. The second-order valence-electron chi connectivity index (χ2n) is 6.02. The van der Waals surface area contributed by atoms with Crippen molar-refractivity contribution in [1.82, 2.24) is 4.31 Å². The molecule has 1 fully saturated rings. The van der Waals surface area contributed by atoms with Gasteiger partial charge >= 0.3 is 6.09 Å². The molecule has 0 spiro atoms. The van der Waals surface area contributed by atoms with Crippen LogP contribution in [0.4, 0.5) is 4.79 Å². The number of carbonyl (C=O) groups excluding carboxylic acids is 1. The number of nitrogens with zero attached hydrogens (tertiary/aromatic N) is 1. The molecule has 0 radical (unpaired) electrons. The molecule has 1 aliphatic heterocycles. The summed E-state index contributed by atoms with van der Waals surface area (Å²) in [4.78, 5) is 12.4.